The van der Waals surface area contributed by atoms with E-state index in [1.54, 1.807) is 24.3 Å². The molecule has 1 aliphatic carbocycles. The molecule has 22 heavy (non-hydrogen) atoms. The quantitative estimate of drug-likeness (QED) is 0.694. The molecule has 0 radical (unpaired) electrons. The second kappa shape index (κ2) is 5.11. The number of carbonyl (C=O) groups is 1. The van der Waals surface area contributed by atoms with Crippen LogP contribution in [-0.4, -0.2) is 10.7 Å². The minimum absolute atomic E-state index is 0.258. The lowest BCUT2D eigenvalue weighted by molar-refractivity contribution is -0.415. The number of rotatable bonds is 3. The van der Waals surface area contributed by atoms with Gasteiger partial charge in [0.2, 0.25) is 0 Å². The van der Waals surface area contributed by atoms with Gasteiger partial charge in [0.25, 0.3) is 5.78 Å². The van der Waals surface area contributed by atoms with Crippen molar-refractivity contribution < 1.29 is 9.72 Å². The topological polar surface area (TPSA) is 72.2 Å². The number of aryl methyl sites for hydroxylation is 2. The molecule has 3 rings (SSSR count). The second-order valence-corrected chi connectivity index (χ2v) is 5.28. The predicted octanol–water partition coefficient (Wildman–Crippen LogP) is 3.56. The Balaban J connectivity index is 2.11. The van der Waals surface area contributed by atoms with E-state index >= 15 is 0 Å². The van der Waals surface area contributed by atoms with Gasteiger partial charge in [0.15, 0.2) is 0 Å². The van der Waals surface area contributed by atoms with E-state index in [2.05, 4.69) is 5.32 Å². The normalized spacial score (nSPS) is 13.3. The number of hydrogen-bond acceptors (Lipinski definition) is 4. The van der Waals surface area contributed by atoms with Crippen molar-refractivity contribution in [1.29, 1.82) is 0 Å². The molecular formula is C17H14N2O3. The maximum Gasteiger partial charge on any atom is 0.340 e. The third-order valence-corrected chi connectivity index (χ3v) is 3.85. The van der Waals surface area contributed by atoms with Gasteiger partial charge < -0.3 is 5.32 Å². The van der Waals surface area contributed by atoms with Gasteiger partial charge in [0.05, 0.1) is 4.92 Å². The molecule has 2 aromatic carbocycles. The van der Waals surface area contributed by atoms with Crippen LogP contribution in [0, 0.1) is 24.0 Å². The first-order chi connectivity index (χ1) is 10.5. The lowest BCUT2D eigenvalue weighted by atomic mass is 10.1. The van der Waals surface area contributed by atoms with E-state index in [1.807, 2.05) is 32.0 Å². The number of anilines is 1. The van der Waals surface area contributed by atoms with Crippen LogP contribution in [0.3, 0.4) is 0 Å². The largest absolute Gasteiger partial charge is 0.349 e. The summed E-state index contributed by atoms with van der Waals surface area (Å²) >= 11 is 0. The zero-order valence-electron chi connectivity index (χ0n) is 12.2. The van der Waals surface area contributed by atoms with Gasteiger partial charge in [-0.05, 0) is 37.1 Å². The second-order valence-electron chi connectivity index (χ2n) is 5.28. The Hall–Kier alpha value is -2.95. The SMILES string of the molecule is Cc1ccc(NC2=C([N+](=O)[O-])C(=O)c3ccccc32)cc1C. The zero-order chi connectivity index (χ0) is 15.9. The molecule has 0 fully saturated rings. The number of nitrogens with zero attached hydrogens (tertiary/aromatic N) is 1. The summed E-state index contributed by atoms with van der Waals surface area (Å²) in [5.74, 6) is -0.549. The average molecular weight is 294 g/mol. The number of nitro groups is 1. The van der Waals surface area contributed by atoms with Gasteiger partial charge in [-0.2, -0.15) is 0 Å². The highest BCUT2D eigenvalue weighted by molar-refractivity contribution is 6.20. The Morgan fingerprint density at radius 3 is 2.32 bits per heavy atom. The average Bonchev–Trinajstić information content (AvgIpc) is 2.76. The molecule has 0 saturated heterocycles. The van der Waals surface area contributed by atoms with Crippen LogP contribution in [0.25, 0.3) is 5.70 Å². The van der Waals surface area contributed by atoms with E-state index < -0.39 is 16.4 Å². The van der Waals surface area contributed by atoms with Gasteiger partial charge >= 0.3 is 5.70 Å². The van der Waals surface area contributed by atoms with E-state index in [4.69, 9.17) is 0 Å². The Bertz CT molecular complexity index is 838. The Kier molecular flexibility index (Phi) is 3.25. The fourth-order valence-corrected chi connectivity index (χ4v) is 2.53. The number of carbonyl (C=O) groups excluding carboxylic acids is 1. The molecule has 1 aliphatic rings. The van der Waals surface area contributed by atoms with Gasteiger partial charge in [0, 0.05) is 16.8 Å². The lowest BCUT2D eigenvalue weighted by Crippen LogP contribution is -2.10. The Morgan fingerprint density at radius 2 is 1.68 bits per heavy atom. The molecule has 0 bridgehead atoms. The first kappa shape index (κ1) is 14.0. The van der Waals surface area contributed by atoms with Crippen LogP contribution in [-0.2, 0) is 0 Å². The number of Topliss-reactive ketones (excluding diaryl/α,β-unsaturated/α-hetero) is 1. The van der Waals surface area contributed by atoms with E-state index in [-0.39, 0.29) is 5.70 Å². The molecule has 0 amide bonds. The fourth-order valence-electron chi connectivity index (χ4n) is 2.53. The molecule has 5 nitrogen and oxygen atoms in total. The van der Waals surface area contributed by atoms with Crippen LogP contribution < -0.4 is 5.32 Å². The molecule has 1 N–H and O–H groups in total. The van der Waals surface area contributed by atoms with Gasteiger partial charge in [-0.3, -0.25) is 14.9 Å². The molecule has 0 spiro atoms. The number of allylic oxidation sites excluding steroid dienone is 1. The van der Waals surface area contributed by atoms with Crippen molar-refractivity contribution in [2.24, 2.45) is 0 Å². The molecule has 0 atom stereocenters. The summed E-state index contributed by atoms with van der Waals surface area (Å²) in [7, 11) is 0. The third-order valence-electron chi connectivity index (χ3n) is 3.85. The van der Waals surface area contributed by atoms with Crippen molar-refractivity contribution in [3.63, 3.8) is 0 Å². The molecule has 5 heteroatoms. The van der Waals surface area contributed by atoms with Crippen LogP contribution in [0.4, 0.5) is 5.69 Å². The standard InChI is InChI=1S/C17H14N2O3/c1-10-7-8-12(9-11(10)2)18-15-13-5-3-4-6-14(13)17(20)16(15)19(21)22/h3-9,18H,1-2H3. The van der Waals surface area contributed by atoms with E-state index in [0.29, 0.717) is 11.1 Å². The zero-order valence-corrected chi connectivity index (χ0v) is 12.2. The number of hydrogen-bond donors (Lipinski definition) is 1. The highest BCUT2D eigenvalue weighted by Crippen LogP contribution is 2.34. The van der Waals surface area contributed by atoms with E-state index in [9.17, 15) is 14.9 Å². The summed E-state index contributed by atoms with van der Waals surface area (Å²) in [5.41, 5.74) is 3.72. The van der Waals surface area contributed by atoms with Crippen LogP contribution in [0.5, 0.6) is 0 Å². The van der Waals surface area contributed by atoms with Gasteiger partial charge in [-0.1, -0.05) is 30.3 Å². The monoisotopic (exact) mass is 294 g/mol. The summed E-state index contributed by atoms with van der Waals surface area (Å²) in [4.78, 5) is 22.9. The van der Waals surface area contributed by atoms with Crippen molar-refractivity contribution in [3.05, 3.63) is 80.5 Å². The first-order valence-electron chi connectivity index (χ1n) is 6.86. The molecule has 0 unspecified atom stereocenters. The molecule has 0 aromatic heterocycles. The highest BCUT2D eigenvalue weighted by atomic mass is 16.6. The first-order valence-corrected chi connectivity index (χ1v) is 6.86. The number of benzene rings is 2. The minimum Gasteiger partial charge on any atom is -0.349 e. The molecular weight excluding hydrogens is 280 g/mol. The summed E-state index contributed by atoms with van der Waals surface area (Å²) in [6.07, 6.45) is 0. The molecule has 0 saturated carbocycles. The van der Waals surface area contributed by atoms with Crippen LogP contribution in [0.15, 0.2) is 48.2 Å². The minimum atomic E-state index is -0.619. The van der Waals surface area contributed by atoms with Crippen molar-refractivity contribution in [2.75, 3.05) is 5.32 Å². The van der Waals surface area contributed by atoms with E-state index in [0.717, 1.165) is 16.8 Å². The van der Waals surface area contributed by atoms with E-state index in [1.165, 1.54) is 0 Å². The molecule has 0 aliphatic heterocycles. The Labute approximate surface area is 127 Å². The van der Waals surface area contributed by atoms with Crippen molar-refractivity contribution in [2.45, 2.75) is 13.8 Å². The predicted molar refractivity (Wildman–Crippen MR) is 84.2 cm³/mol. The maximum absolute atomic E-state index is 12.2. The Morgan fingerprint density at radius 1 is 1.00 bits per heavy atom. The van der Waals surface area contributed by atoms with Crippen molar-refractivity contribution in [3.8, 4) is 0 Å². The highest BCUT2D eigenvalue weighted by Gasteiger charge is 2.38. The van der Waals surface area contributed by atoms with Gasteiger partial charge in [-0.15, -0.1) is 0 Å². The third kappa shape index (κ3) is 2.16. The summed E-state index contributed by atoms with van der Waals surface area (Å²) in [6, 6.07) is 12.5. The summed E-state index contributed by atoms with van der Waals surface area (Å²) in [5, 5.41) is 14.3. The fraction of sp³-hybridized carbons (Fsp3) is 0.118. The summed E-state index contributed by atoms with van der Waals surface area (Å²) in [6.45, 7) is 3.96. The molecule has 0 heterocycles. The molecule has 2 aromatic rings. The van der Waals surface area contributed by atoms with Crippen LogP contribution in [0.1, 0.15) is 27.0 Å². The van der Waals surface area contributed by atoms with Gasteiger partial charge in [-0.25, -0.2) is 0 Å². The smallest absolute Gasteiger partial charge is 0.340 e. The number of ketones is 1. The lowest BCUT2D eigenvalue weighted by Gasteiger charge is -2.10. The van der Waals surface area contributed by atoms with Crippen LogP contribution in [0.2, 0.25) is 0 Å². The number of nitrogens with one attached hydrogen (secondary N) is 1. The van der Waals surface area contributed by atoms with Crippen molar-refractivity contribution >= 4 is 17.2 Å². The molecule has 110 valence electrons. The summed E-state index contributed by atoms with van der Waals surface area (Å²) < 4.78 is 0. The van der Waals surface area contributed by atoms with Crippen molar-refractivity contribution in [1.82, 2.24) is 0 Å². The van der Waals surface area contributed by atoms with Gasteiger partial charge in [0.1, 0.15) is 5.70 Å². The maximum atomic E-state index is 12.2. The van der Waals surface area contributed by atoms with Crippen LogP contribution >= 0.6 is 0 Å². The number of fused-ring (bicyclic) bond motifs is 1.